The summed E-state index contributed by atoms with van der Waals surface area (Å²) in [4.78, 5) is 17.0. The van der Waals surface area contributed by atoms with Crippen LogP contribution in [0.15, 0.2) is 66.7 Å². The van der Waals surface area contributed by atoms with Gasteiger partial charge in [-0.1, -0.05) is 24.3 Å². The van der Waals surface area contributed by atoms with Gasteiger partial charge in [0.25, 0.3) is 0 Å². The number of rotatable bonds is 5. The van der Waals surface area contributed by atoms with Crippen LogP contribution in [0.25, 0.3) is 20.8 Å². The molecule has 2 amide bonds. The van der Waals surface area contributed by atoms with Gasteiger partial charge >= 0.3 is 6.03 Å². The van der Waals surface area contributed by atoms with Gasteiger partial charge < -0.3 is 15.4 Å². The summed E-state index contributed by atoms with van der Waals surface area (Å²) in [6, 6.07) is 21.4. The Hall–Kier alpha value is -3.38. The normalized spacial score (nSPS) is 10.7. The van der Waals surface area contributed by atoms with Crippen molar-refractivity contribution >= 4 is 33.3 Å². The number of ether oxygens (including phenoxy) is 1. The number of amides is 2. The first-order valence-electron chi connectivity index (χ1n) is 9.27. The van der Waals surface area contributed by atoms with E-state index in [4.69, 9.17) is 9.72 Å². The fourth-order valence-electron chi connectivity index (χ4n) is 3.06. The molecule has 0 radical (unpaired) electrons. The molecule has 4 rings (SSSR count). The Morgan fingerprint density at radius 2 is 1.93 bits per heavy atom. The molecule has 0 aliphatic rings. The number of urea groups is 1. The Labute approximate surface area is 173 Å². The summed E-state index contributed by atoms with van der Waals surface area (Å²) in [7, 11) is 1.63. The first-order valence-corrected chi connectivity index (χ1v) is 10.1. The molecule has 0 saturated heterocycles. The SMILES string of the molecule is COc1cccc(CNC(=O)Nc2ccc(-c3nc4ccccc4s3)cc2C)c1. The highest BCUT2D eigenvalue weighted by Crippen LogP contribution is 2.31. The predicted molar refractivity (Wildman–Crippen MR) is 119 cm³/mol. The smallest absolute Gasteiger partial charge is 0.319 e. The third-order valence-electron chi connectivity index (χ3n) is 4.60. The highest BCUT2D eigenvalue weighted by Gasteiger charge is 2.09. The van der Waals surface area contributed by atoms with Crippen molar-refractivity contribution in [2.45, 2.75) is 13.5 Å². The summed E-state index contributed by atoms with van der Waals surface area (Å²) in [5.74, 6) is 0.769. The van der Waals surface area contributed by atoms with Crippen LogP contribution in [-0.4, -0.2) is 18.1 Å². The number of benzene rings is 3. The molecule has 29 heavy (non-hydrogen) atoms. The minimum absolute atomic E-state index is 0.247. The molecule has 1 heterocycles. The number of nitrogens with one attached hydrogen (secondary N) is 2. The second kappa shape index (κ2) is 8.32. The summed E-state index contributed by atoms with van der Waals surface area (Å²) in [5.41, 5.74) is 4.79. The maximum Gasteiger partial charge on any atom is 0.319 e. The zero-order chi connectivity index (χ0) is 20.2. The van der Waals surface area contributed by atoms with Gasteiger partial charge in [0.05, 0.1) is 17.3 Å². The molecule has 0 bridgehead atoms. The van der Waals surface area contributed by atoms with Crippen molar-refractivity contribution in [1.82, 2.24) is 10.3 Å². The third-order valence-corrected chi connectivity index (χ3v) is 5.69. The Morgan fingerprint density at radius 1 is 1.07 bits per heavy atom. The molecule has 0 aliphatic carbocycles. The number of fused-ring (bicyclic) bond motifs is 1. The van der Waals surface area contributed by atoms with Gasteiger partial charge in [-0.2, -0.15) is 0 Å². The fourth-order valence-corrected chi connectivity index (χ4v) is 4.03. The van der Waals surface area contributed by atoms with E-state index in [9.17, 15) is 4.79 Å². The summed E-state index contributed by atoms with van der Waals surface area (Å²) < 4.78 is 6.37. The fraction of sp³-hybridized carbons (Fsp3) is 0.130. The van der Waals surface area contributed by atoms with E-state index >= 15 is 0 Å². The first kappa shape index (κ1) is 19.0. The summed E-state index contributed by atoms with van der Waals surface area (Å²) in [6.07, 6.45) is 0. The van der Waals surface area contributed by atoms with E-state index < -0.39 is 0 Å². The maximum absolute atomic E-state index is 12.3. The standard InChI is InChI=1S/C23H21N3O2S/c1-15-12-17(22-25-20-8-3-4-9-21(20)29-22)10-11-19(15)26-23(27)24-14-16-6-5-7-18(13-16)28-2/h3-13H,14H2,1-2H3,(H2,24,26,27). The van der Waals surface area contributed by atoms with Crippen molar-refractivity contribution in [1.29, 1.82) is 0 Å². The van der Waals surface area contributed by atoms with E-state index in [1.165, 1.54) is 4.70 Å². The van der Waals surface area contributed by atoms with Crippen molar-refractivity contribution in [2.24, 2.45) is 0 Å². The number of nitrogens with zero attached hydrogens (tertiary/aromatic N) is 1. The number of hydrogen-bond donors (Lipinski definition) is 2. The first-order chi connectivity index (χ1) is 14.1. The minimum atomic E-state index is -0.247. The van der Waals surface area contributed by atoms with Gasteiger partial charge in [-0.3, -0.25) is 0 Å². The number of para-hydroxylation sites is 1. The van der Waals surface area contributed by atoms with Gasteiger partial charge in [-0.05, 0) is 60.5 Å². The summed E-state index contributed by atoms with van der Waals surface area (Å²) in [6.45, 7) is 2.40. The predicted octanol–water partition coefficient (Wildman–Crippen LogP) is 5.60. The molecule has 3 aromatic carbocycles. The Balaban J connectivity index is 1.43. The van der Waals surface area contributed by atoms with Gasteiger partial charge in [0.2, 0.25) is 0 Å². The Bertz CT molecular complexity index is 1140. The van der Waals surface area contributed by atoms with Crippen LogP contribution in [0.1, 0.15) is 11.1 Å². The zero-order valence-electron chi connectivity index (χ0n) is 16.2. The summed E-state index contributed by atoms with van der Waals surface area (Å²) in [5, 5.41) is 6.77. The Kier molecular flexibility index (Phi) is 5.44. The molecule has 4 aromatic rings. The summed E-state index contributed by atoms with van der Waals surface area (Å²) >= 11 is 1.67. The van der Waals surface area contributed by atoms with Crippen LogP contribution < -0.4 is 15.4 Å². The van der Waals surface area contributed by atoms with Gasteiger partial charge in [0.15, 0.2) is 0 Å². The highest BCUT2D eigenvalue weighted by molar-refractivity contribution is 7.21. The second-order valence-corrected chi connectivity index (χ2v) is 7.71. The molecule has 0 unspecified atom stereocenters. The quantitative estimate of drug-likeness (QED) is 0.456. The van der Waals surface area contributed by atoms with Gasteiger partial charge in [-0.15, -0.1) is 11.3 Å². The molecule has 0 aliphatic heterocycles. The lowest BCUT2D eigenvalue weighted by atomic mass is 10.1. The second-order valence-electron chi connectivity index (χ2n) is 6.68. The molecule has 0 spiro atoms. The largest absolute Gasteiger partial charge is 0.497 e. The number of methoxy groups -OCH3 is 1. The average Bonchev–Trinajstić information content (AvgIpc) is 3.18. The average molecular weight is 404 g/mol. The topological polar surface area (TPSA) is 63.2 Å². The number of aromatic nitrogens is 1. The molecule has 0 fully saturated rings. The van der Waals surface area contributed by atoms with E-state index in [1.54, 1.807) is 18.4 Å². The van der Waals surface area contributed by atoms with Crippen molar-refractivity contribution in [3.05, 3.63) is 77.9 Å². The van der Waals surface area contributed by atoms with Gasteiger partial charge in [0, 0.05) is 17.8 Å². The van der Waals surface area contributed by atoms with E-state index in [1.807, 2.05) is 61.5 Å². The van der Waals surface area contributed by atoms with Crippen molar-refractivity contribution in [3.63, 3.8) is 0 Å². The van der Waals surface area contributed by atoms with E-state index in [-0.39, 0.29) is 6.03 Å². The van der Waals surface area contributed by atoms with Crippen LogP contribution in [0.2, 0.25) is 0 Å². The van der Waals surface area contributed by atoms with E-state index in [0.717, 1.165) is 38.7 Å². The van der Waals surface area contributed by atoms with Crippen LogP contribution in [0.5, 0.6) is 5.75 Å². The van der Waals surface area contributed by atoms with Crippen LogP contribution >= 0.6 is 11.3 Å². The zero-order valence-corrected chi connectivity index (χ0v) is 17.0. The molecule has 6 heteroatoms. The van der Waals surface area contributed by atoms with Crippen molar-refractivity contribution in [2.75, 3.05) is 12.4 Å². The number of carbonyl (C=O) groups excluding carboxylic acids is 1. The molecule has 0 atom stereocenters. The van der Waals surface area contributed by atoms with Gasteiger partial charge in [-0.25, -0.2) is 9.78 Å². The molecular weight excluding hydrogens is 382 g/mol. The molecule has 5 nitrogen and oxygen atoms in total. The lowest BCUT2D eigenvalue weighted by Crippen LogP contribution is -2.28. The number of carbonyl (C=O) groups is 1. The van der Waals surface area contributed by atoms with Crippen molar-refractivity contribution in [3.8, 4) is 16.3 Å². The lowest BCUT2D eigenvalue weighted by Gasteiger charge is -2.11. The Morgan fingerprint density at radius 3 is 2.72 bits per heavy atom. The van der Waals surface area contributed by atoms with E-state index in [0.29, 0.717) is 6.54 Å². The molecule has 2 N–H and O–H groups in total. The number of anilines is 1. The van der Waals surface area contributed by atoms with Crippen LogP contribution in [0.3, 0.4) is 0 Å². The highest BCUT2D eigenvalue weighted by atomic mass is 32.1. The maximum atomic E-state index is 12.3. The van der Waals surface area contributed by atoms with Crippen LogP contribution in [0, 0.1) is 6.92 Å². The van der Waals surface area contributed by atoms with E-state index in [2.05, 4.69) is 22.8 Å². The molecule has 1 aromatic heterocycles. The van der Waals surface area contributed by atoms with Crippen LogP contribution in [0.4, 0.5) is 10.5 Å². The number of hydrogen-bond acceptors (Lipinski definition) is 4. The van der Waals surface area contributed by atoms with Crippen LogP contribution in [-0.2, 0) is 6.54 Å². The molecule has 146 valence electrons. The minimum Gasteiger partial charge on any atom is -0.497 e. The number of thiazole rings is 1. The number of aryl methyl sites for hydroxylation is 1. The van der Waals surface area contributed by atoms with Gasteiger partial charge in [0.1, 0.15) is 10.8 Å². The monoisotopic (exact) mass is 403 g/mol. The molecular formula is C23H21N3O2S. The third kappa shape index (κ3) is 4.38. The lowest BCUT2D eigenvalue weighted by molar-refractivity contribution is 0.251. The van der Waals surface area contributed by atoms with Crippen molar-refractivity contribution < 1.29 is 9.53 Å². The molecule has 0 saturated carbocycles.